The molecule has 0 bridgehead atoms. The van der Waals surface area contributed by atoms with Crippen LogP contribution in [0.15, 0.2) is 58.1 Å². The molecule has 2 heterocycles. The summed E-state index contributed by atoms with van der Waals surface area (Å²) in [5.41, 5.74) is 1.00. The highest BCUT2D eigenvalue weighted by Gasteiger charge is 2.17. The Morgan fingerprint density at radius 2 is 1.80 bits per heavy atom. The van der Waals surface area contributed by atoms with Crippen LogP contribution >= 0.6 is 11.6 Å². The number of hydrogen-bond acceptors (Lipinski definition) is 4. The van der Waals surface area contributed by atoms with Crippen LogP contribution < -0.4 is 11.2 Å². The normalized spacial score (nSPS) is 11.7. The molecule has 0 amide bonds. The molecule has 7 nitrogen and oxygen atoms in total. The fourth-order valence-corrected chi connectivity index (χ4v) is 3.60. The van der Waals surface area contributed by atoms with Crippen molar-refractivity contribution in [3.63, 3.8) is 0 Å². The second-order valence-corrected chi connectivity index (χ2v) is 7.89. The van der Waals surface area contributed by atoms with E-state index in [0.717, 1.165) is 5.56 Å². The van der Waals surface area contributed by atoms with Gasteiger partial charge in [0, 0.05) is 18.2 Å². The summed E-state index contributed by atoms with van der Waals surface area (Å²) in [4.78, 5) is 26.3. The van der Waals surface area contributed by atoms with Crippen LogP contribution in [0.25, 0.3) is 16.7 Å². The lowest BCUT2D eigenvalue weighted by atomic mass is 10.2. The van der Waals surface area contributed by atoms with Gasteiger partial charge in [-0.05, 0) is 50.1 Å². The number of benzene rings is 2. The Balaban J connectivity index is 1.82. The Labute approximate surface area is 178 Å². The third kappa shape index (κ3) is 3.91. The lowest BCUT2D eigenvalue weighted by molar-refractivity contribution is 0.0748. The molecule has 0 saturated heterocycles. The number of ether oxygens (including phenoxy) is 1. The third-order valence-corrected chi connectivity index (χ3v) is 5.16. The van der Waals surface area contributed by atoms with Crippen molar-refractivity contribution in [3.05, 3.63) is 80.0 Å². The molecule has 0 N–H and O–H groups in total. The highest BCUT2D eigenvalue weighted by Crippen LogP contribution is 2.13. The van der Waals surface area contributed by atoms with Gasteiger partial charge in [-0.25, -0.2) is 13.9 Å². The number of fused-ring (bicyclic) bond motifs is 3. The first-order valence-corrected chi connectivity index (χ1v) is 10.3. The van der Waals surface area contributed by atoms with Crippen LogP contribution in [-0.2, 0) is 17.8 Å². The Morgan fingerprint density at radius 3 is 2.53 bits per heavy atom. The van der Waals surface area contributed by atoms with Gasteiger partial charge in [-0.3, -0.25) is 9.36 Å². The fraction of sp³-hybridized carbons (Fsp3) is 0.318. The molecule has 0 unspecified atom stereocenters. The highest BCUT2D eigenvalue weighted by atomic mass is 35.5. The molecule has 30 heavy (non-hydrogen) atoms. The van der Waals surface area contributed by atoms with E-state index in [1.807, 2.05) is 32.0 Å². The van der Waals surface area contributed by atoms with Gasteiger partial charge in [0.05, 0.1) is 23.6 Å². The third-order valence-electron chi connectivity index (χ3n) is 4.91. The quantitative estimate of drug-likeness (QED) is 0.425. The molecule has 156 valence electrons. The molecule has 0 aliphatic rings. The van der Waals surface area contributed by atoms with Crippen LogP contribution in [0.1, 0.15) is 25.8 Å². The van der Waals surface area contributed by atoms with Crippen molar-refractivity contribution in [2.75, 3.05) is 6.61 Å². The fourth-order valence-electron chi connectivity index (χ4n) is 3.48. The highest BCUT2D eigenvalue weighted by molar-refractivity contribution is 6.30. The molecule has 0 radical (unpaired) electrons. The van der Waals surface area contributed by atoms with Gasteiger partial charge in [0.15, 0.2) is 0 Å². The zero-order chi connectivity index (χ0) is 21.3. The Hall–Kier alpha value is -2.90. The van der Waals surface area contributed by atoms with Crippen LogP contribution in [0, 0.1) is 0 Å². The molecular weight excluding hydrogens is 404 g/mol. The molecule has 0 aliphatic heterocycles. The lowest BCUT2D eigenvalue weighted by Crippen LogP contribution is -2.27. The molecule has 0 spiro atoms. The lowest BCUT2D eigenvalue weighted by Gasteiger charge is -2.11. The van der Waals surface area contributed by atoms with Crippen molar-refractivity contribution in [1.29, 1.82) is 0 Å². The maximum atomic E-state index is 13.2. The van der Waals surface area contributed by atoms with Crippen LogP contribution in [0.2, 0.25) is 5.02 Å². The maximum Gasteiger partial charge on any atom is 0.352 e. The first-order valence-electron chi connectivity index (χ1n) is 9.93. The van der Waals surface area contributed by atoms with E-state index >= 15 is 0 Å². The van der Waals surface area contributed by atoms with Crippen LogP contribution in [0.4, 0.5) is 0 Å². The van der Waals surface area contributed by atoms with Gasteiger partial charge in [0.1, 0.15) is 0 Å². The smallest absolute Gasteiger partial charge is 0.352 e. The van der Waals surface area contributed by atoms with Crippen LogP contribution in [0.5, 0.6) is 0 Å². The van der Waals surface area contributed by atoms with Gasteiger partial charge in [-0.15, -0.1) is 5.10 Å². The molecule has 2 aromatic carbocycles. The molecule has 0 atom stereocenters. The molecule has 8 heteroatoms. The predicted molar refractivity (Wildman–Crippen MR) is 117 cm³/mol. The molecule has 0 aliphatic carbocycles. The minimum Gasteiger partial charge on any atom is -0.379 e. The first-order chi connectivity index (χ1) is 14.5. The van der Waals surface area contributed by atoms with Crippen molar-refractivity contribution < 1.29 is 4.74 Å². The summed E-state index contributed by atoms with van der Waals surface area (Å²) in [6.45, 7) is 5.17. The summed E-state index contributed by atoms with van der Waals surface area (Å²) < 4.78 is 10.1. The minimum atomic E-state index is -0.289. The summed E-state index contributed by atoms with van der Waals surface area (Å²) >= 11 is 5.96. The van der Waals surface area contributed by atoms with Gasteiger partial charge in [-0.1, -0.05) is 35.9 Å². The van der Waals surface area contributed by atoms with E-state index in [2.05, 4.69) is 5.10 Å². The van der Waals surface area contributed by atoms with Gasteiger partial charge < -0.3 is 4.74 Å². The average molecular weight is 427 g/mol. The van der Waals surface area contributed by atoms with E-state index in [-0.39, 0.29) is 23.9 Å². The second-order valence-electron chi connectivity index (χ2n) is 7.45. The number of nitrogens with zero attached hydrogens (tertiary/aromatic N) is 4. The Morgan fingerprint density at radius 1 is 1.07 bits per heavy atom. The Kier molecular flexibility index (Phi) is 5.74. The maximum absolute atomic E-state index is 13.2. The van der Waals surface area contributed by atoms with Crippen molar-refractivity contribution in [1.82, 2.24) is 18.7 Å². The monoisotopic (exact) mass is 426 g/mol. The Bertz CT molecular complexity index is 1300. The van der Waals surface area contributed by atoms with Crippen molar-refractivity contribution in [2.24, 2.45) is 0 Å². The van der Waals surface area contributed by atoms with E-state index in [0.29, 0.717) is 41.3 Å². The number of hydrogen-bond donors (Lipinski definition) is 0. The standard InChI is InChI=1S/C22H23ClN4O3/c1-15(2)30-13-5-12-25-20(28)18-6-3-4-7-19(18)27-21(25)24-26(22(27)29)14-16-8-10-17(23)11-9-16/h3-4,6-11,15H,5,12-14H2,1-2H3. The van der Waals surface area contributed by atoms with Gasteiger partial charge >= 0.3 is 5.69 Å². The molecule has 0 saturated carbocycles. The van der Waals surface area contributed by atoms with Crippen LogP contribution in [0.3, 0.4) is 0 Å². The van der Waals surface area contributed by atoms with E-state index in [4.69, 9.17) is 16.3 Å². The number of aromatic nitrogens is 4. The van der Waals surface area contributed by atoms with Gasteiger partial charge in [0.2, 0.25) is 5.78 Å². The first kappa shape index (κ1) is 20.4. The largest absolute Gasteiger partial charge is 0.379 e. The van der Waals surface area contributed by atoms with E-state index in [1.165, 1.54) is 9.08 Å². The minimum absolute atomic E-state index is 0.125. The summed E-state index contributed by atoms with van der Waals surface area (Å²) in [7, 11) is 0. The second kappa shape index (κ2) is 8.45. The summed E-state index contributed by atoms with van der Waals surface area (Å²) in [5, 5.41) is 5.63. The number of aryl methyl sites for hydroxylation is 1. The van der Waals surface area contributed by atoms with Crippen molar-refractivity contribution in [3.8, 4) is 0 Å². The summed E-state index contributed by atoms with van der Waals surface area (Å²) in [6, 6.07) is 14.4. The average Bonchev–Trinajstić information content (AvgIpc) is 3.05. The van der Waals surface area contributed by atoms with Crippen molar-refractivity contribution in [2.45, 2.75) is 39.5 Å². The van der Waals surface area contributed by atoms with Crippen molar-refractivity contribution >= 4 is 28.3 Å². The zero-order valence-corrected chi connectivity index (χ0v) is 17.7. The zero-order valence-electron chi connectivity index (χ0n) is 16.9. The number of para-hydroxylation sites is 1. The molecule has 2 aromatic heterocycles. The van der Waals surface area contributed by atoms with Gasteiger partial charge in [-0.2, -0.15) is 0 Å². The molecule has 4 rings (SSSR count). The van der Waals surface area contributed by atoms with Gasteiger partial charge in [0.25, 0.3) is 5.56 Å². The molecule has 0 fully saturated rings. The van der Waals surface area contributed by atoms with E-state index < -0.39 is 0 Å². The molecule has 4 aromatic rings. The summed E-state index contributed by atoms with van der Waals surface area (Å²) in [6.07, 6.45) is 0.768. The topological polar surface area (TPSA) is 70.5 Å². The molecular formula is C22H23ClN4O3. The predicted octanol–water partition coefficient (Wildman–Crippen LogP) is 3.33. The van der Waals surface area contributed by atoms with Crippen LogP contribution in [-0.4, -0.2) is 31.5 Å². The SMILES string of the molecule is CC(C)OCCCn1c(=O)c2ccccc2n2c(=O)n(Cc3ccc(Cl)cc3)nc12. The number of rotatable bonds is 7. The summed E-state index contributed by atoms with van der Waals surface area (Å²) in [5.74, 6) is 0.335. The van der Waals surface area contributed by atoms with E-state index in [9.17, 15) is 9.59 Å². The number of halogens is 1. The van der Waals surface area contributed by atoms with E-state index in [1.54, 1.807) is 34.9 Å².